The van der Waals surface area contributed by atoms with Crippen LogP contribution in [0.3, 0.4) is 0 Å². The molecule has 0 unspecified atom stereocenters. The van der Waals surface area contributed by atoms with E-state index in [1.807, 2.05) is 6.92 Å². The summed E-state index contributed by atoms with van der Waals surface area (Å²) in [6, 6.07) is 15.0. The summed E-state index contributed by atoms with van der Waals surface area (Å²) < 4.78 is 28.7. The number of hydrogen-bond acceptors (Lipinski definition) is 5. The molecule has 134 valence electrons. The molecule has 0 saturated carbocycles. The van der Waals surface area contributed by atoms with Crippen LogP contribution in [-0.4, -0.2) is 24.1 Å². The van der Waals surface area contributed by atoms with Gasteiger partial charge in [-0.2, -0.15) is 0 Å². The molecule has 2 aromatic carbocycles. The SMILES string of the molecule is Cc1ccc(S(=O)(=O)Nc2nn(-c3ccccc3)c(N)c2C(N)=O)cc1. The molecule has 0 aliphatic heterocycles. The summed E-state index contributed by atoms with van der Waals surface area (Å²) >= 11 is 0. The van der Waals surface area contributed by atoms with E-state index in [9.17, 15) is 13.2 Å². The zero-order valence-electron chi connectivity index (χ0n) is 13.9. The Kier molecular flexibility index (Phi) is 4.39. The second kappa shape index (κ2) is 6.52. The van der Waals surface area contributed by atoms with Crippen LogP contribution in [0.2, 0.25) is 0 Å². The molecule has 26 heavy (non-hydrogen) atoms. The monoisotopic (exact) mass is 371 g/mol. The fourth-order valence-corrected chi connectivity index (χ4v) is 3.42. The number of benzene rings is 2. The molecule has 8 nitrogen and oxygen atoms in total. The molecule has 0 radical (unpaired) electrons. The van der Waals surface area contributed by atoms with Crippen molar-refractivity contribution in [1.29, 1.82) is 0 Å². The first-order chi connectivity index (χ1) is 12.3. The first kappa shape index (κ1) is 17.5. The number of nitrogens with one attached hydrogen (secondary N) is 1. The van der Waals surface area contributed by atoms with Crippen LogP contribution in [0.1, 0.15) is 15.9 Å². The van der Waals surface area contributed by atoms with Gasteiger partial charge in [-0.3, -0.25) is 9.52 Å². The third-order valence-electron chi connectivity index (χ3n) is 3.73. The number of sulfonamides is 1. The number of aromatic nitrogens is 2. The van der Waals surface area contributed by atoms with E-state index in [0.29, 0.717) is 5.69 Å². The molecule has 3 rings (SSSR count). The summed E-state index contributed by atoms with van der Waals surface area (Å²) in [5.74, 6) is -1.16. The first-order valence-electron chi connectivity index (χ1n) is 7.63. The lowest BCUT2D eigenvalue weighted by atomic mass is 10.2. The average molecular weight is 371 g/mol. The van der Waals surface area contributed by atoms with Gasteiger partial charge in [0.25, 0.3) is 15.9 Å². The molecule has 1 heterocycles. The minimum Gasteiger partial charge on any atom is -0.383 e. The number of anilines is 2. The minimum absolute atomic E-state index is 0.0337. The number of rotatable bonds is 5. The van der Waals surface area contributed by atoms with Crippen molar-refractivity contribution in [3.8, 4) is 5.69 Å². The van der Waals surface area contributed by atoms with Gasteiger partial charge in [0.15, 0.2) is 5.82 Å². The molecule has 1 amide bonds. The van der Waals surface area contributed by atoms with E-state index in [2.05, 4.69) is 9.82 Å². The Labute approximate surface area is 150 Å². The number of nitrogen functional groups attached to an aromatic ring is 1. The summed E-state index contributed by atoms with van der Waals surface area (Å²) in [6.45, 7) is 1.84. The lowest BCUT2D eigenvalue weighted by Crippen LogP contribution is -2.18. The van der Waals surface area contributed by atoms with Crippen molar-refractivity contribution in [2.75, 3.05) is 10.5 Å². The highest BCUT2D eigenvalue weighted by atomic mass is 32.2. The van der Waals surface area contributed by atoms with Crippen molar-refractivity contribution in [1.82, 2.24) is 9.78 Å². The second-order valence-electron chi connectivity index (χ2n) is 5.64. The van der Waals surface area contributed by atoms with Crippen LogP contribution in [0.15, 0.2) is 59.5 Å². The quantitative estimate of drug-likeness (QED) is 0.627. The van der Waals surface area contributed by atoms with E-state index < -0.39 is 15.9 Å². The van der Waals surface area contributed by atoms with Crippen LogP contribution in [-0.2, 0) is 10.0 Å². The molecule has 9 heteroatoms. The summed E-state index contributed by atoms with van der Waals surface area (Å²) in [4.78, 5) is 11.8. The lowest BCUT2D eigenvalue weighted by molar-refractivity contribution is 0.100. The van der Waals surface area contributed by atoms with Gasteiger partial charge in [0, 0.05) is 0 Å². The molecule has 3 aromatic rings. The summed E-state index contributed by atoms with van der Waals surface area (Å²) in [5.41, 5.74) is 12.6. The summed E-state index contributed by atoms with van der Waals surface area (Å²) in [6.07, 6.45) is 0. The molecule has 1 aromatic heterocycles. The van der Waals surface area contributed by atoms with Crippen molar-refractivity contribution in [3.05, 3.63) is 65.7 Å². The normalized spacial score (nSPS) is 11.3. The average Bonchev–Trinajstić information content (AvgIpc) is 2.91. The van der Waals surface area contributed by atoms with E-state index in [0.717, 1.165) is 5.56 Å². The fourth-order valence-electron chi connectivity index (χ4n) is 2.42. The van der Waals surface area contributed by atoms with Gasteiger partial charge < -0.3 is 11.5 Å². The zero-order chi connectivity index (χ0) is 18.9. The molecule has 0 fully saturated rings. The zero-order valence-corrected chi connectivity index (χ0v) is 14.7. The Morgan fingerprint density at radius 1 is 1.08 bits per heavy atom. The van der Waals surface area contributed by atoms with Crippen LogP contribution in [0.25, 0.3) is 5.69 Å². The van der Waals surface area contributed by atoms with Crippen molar-refractivity contribution in [2.45, 2.75) is 11.8 Å². The van der Waals surface area contributed by atoms with Crippen LogP contribution < -0.4 is 16.2 Å². The van der Waals surface area contributed by atoms with Crippen molar-refractivity contribution in [3.63, 3.8) is 0 Å². The number of nitrogens with zero attached hydrogens (tertiary/aromatic N) is 2. The molecule has 0 spiro atoms. The first-order valence-corrected chi connectivity index (χ1v) is 9.11. The predicted molar refractivity (Wildman–Crippen MR) is 98.5 cm³/mol. The highest BCUT2D eigenvalue weighted by Crippen LogP contribution is 2.26. The number of amides is 1. The number of nitrogens with two attached hydrogens (primary N) is 2. The van der Waals surface area contributed by atoms with Gasteiger partial charge in [0.05, 0.1) is 10.6 Å². The van der Waals surface area contributed by atoms with Gasteiger partial charge in [-0.25, -0.2) is 13.1 Å². The summed E-state index contributed by atoms with van der Waals surface area (Å²) in [7, 11) is -3.96. The topological polar surface area (TPSA) is 133 Å². The summed E-state index contributed by atoms with van der Waals surface area (Å²) in [5, 5.41) is 4.13. The molecular weight excluding hydrogens is 354 g/mol. The smallest absolute Gasteiger partial charge is 0.263 e. The van der Waals surface area contributed by atoms with E-state index >= 15 is 0 Å². The number of primary amides is 1. The van der Waals surface area contributed by atoms with E-state index in [-0.39, 0.29) is 22.1 Å². The Morgan fingerprint density at radius 2 is 1.69 bits per heavy atom. The Bertz CT molecular complexity index is 1060. The molecule has 0 aliphatic carbocycles. The number of carbonyl (C=O) groups is 1. The van der Waals surface area contributed by atoms with Crippen LogP contribution in [0, 0.1) is 6.92 Å². The fraction of sp³-hybridized carbons (Fsp3) is 0.0588. The minimum atomic E-state index is -3.96. The highest BCUT2D eigenvalue weighted by Gasteiger charge is 2.25. The Morgan fingerprint density at radius 3 is 2.27 bits per heavy atom. The molecule has 0 bridgehead atoms. The second-order valence-corrected chi connectivity index (χ2v) is 7.32. The number of para-hydroxylation sites is 1. The van der Waals surface area contributed by atoms with Gasteiger partial charge >= 0.3 is 0 Å². The van der Waals surface area contributed by atoms with Gasteiger partial charge in [-0.05, 0) is 31.2 Å². The third kappa shape index (κ3) is 3.24. The molecule has 0 aliphatic rings. The van der Waals surface area contributed by atoms with Gasteiger partial charge in [-0.1, -0.05) is 35.9 Å². The number of hydrogen-bond donors (Lipinski definition) is 3. The maximum atomic E-state index is 12.6. The maximum Gasteiger partial charge on any atom is 0.263 e. The van der Waals surface area contributed by atoms with Crippen molar-refractivity contribution < 1.29 is 13.2 Å². The number of carbonyl (C=O) groups excluding carboxylic acids is 1. The van der Waals surface area contributed by atoms with Crippen molar-refractivity contribution in [2.24, 2.45) is 5.73 Å². The van der Waals surface area contributed by atoms with Gasteiger partial charge in [0.1, 0.15) is 11.4 Å². The number of aryl methyl sites for hydroxylation is 1. The standard InChI is InChI=1S/C17H17N5O3S/c1-11-7-9-13(10-8-11)26(24,25)21-17-14(16(19)23)15(18)22(20-17)12-5-3-2-4-6-12/h2-10H,18H2,1H3,(H2,19,23)(H,20,21). The Hall–Kier alpha value is -3.33. The lowest BCUT2D eigenvalue weighted by Gasteiger charge is -2.07. The third-order valence-corrected chi connectivity index (χ3v) is 5.09. The molecule has 5 N–H and O–H groups in total. The van der Waals surface area contributed by atoms with Crippen LogP contribution in [0.4, 0.5) is 11.6 Å². The van der Waals surface area contributed by atoms with E-state index in [4.69, 9.17) is 11.5 Å². The molecule has 0 atom stereocenters. The van der Waals surface area contributed by atoms with Crippen LogP contribution >= 0.6 is 0 Å². The molecular formula is C17H17N5O3S. The van der Waals surface area contributed by atoms with Gasteiger partial charge in [-0.15, -0.1) is 5.10 Å². The van der Waals surface area contributed by atoms with Gasteiger partial charge in [0.2, 0.25) is 0 Å². The predicted octanol–water partition coefficient (Wildman–Crippen LogP) is 1.66. The largest absolute Gasteiger partial charge is 0.383 e. The van der Waals surface area contributed by atoms with E-state index in [1.54, 1.807) is 42.5 Å². The maximum absolute atomic E-state index is 12.6. The highest BCUT2D eigenvalue weighted by molar-refractivity contribution is 7.92. The van der Waals surface area contributed by atoms with Crippen LogP contribution in [0.5, 0.6) is 0 Å². The molecule has 0 saturated heterocycles. The van der Waals surface area contributed by atoms with E-state index in [1.165, 1.54) is 16.8 Å². The van der Waals surface area contributed by atoms with Crippen molar-refractivity contribution >= 4 is 27.6 Å². The Balaban J connectivity index is 2.07.